The molecule has 0 aromatic carbocycles. The van der Waals surface area contributed by atoms with Crippen LogP contribution in [0.1, 0.15) is 24.5 Å². The van der Waals surface area contributed by atoms with Crippen molar-refractivity contribution in [2.45, 2.75) is 25.2 Å². The van der Waals surface area contributed by atoms with Crippen LogP contribution in [0.25, 0.3) is 0 Å². The molecule has 0 bridgehead atoms. The van der Waals surface area contributed by atoms with E-state index in [-0.39, 0.29) is 5.56 Å². The van der Waals surface area contributed by atoms with E-state index in [1.54, 1.807) is 6.07 Å². The zero-order chi connectivity index (χ0) is 8.34. The van der Waals surface area contributed by atoms with Crippen molar-refractivity contribution in [3.8, 4) is 0 Å². The van der Waals surface area contributed by atoms with Crippen LogP contribution < -0.4 is 5.56 Å². The second kappa shape index (κ2) is 1.65. The van der Waals surface area contributed by atoms with E-state index in [0.717, 1.165) is 12.3 Å². The molecule has 2 atom stereocenters. The first-order valence-corrected chi connectivity index (χ1v) is 4.42. The number of hydrogen-bond acceptors (Lipinski definition) is 1. The van der Waals surface area contributed by atoms with Crippen molar-refractivity contribution in [2.24, 2.45) is 5.92 Å². The van der Waals surface area contributed by atoms with E-state index < -0.39 is 0 Å². The van der Waals surface area contributed by atoms with Crippen LogP contribution in [0, 0.1) is 5.92 Å². The zero-order valence-electron chi connectivity index (χ0n) is 7.05. The smallest absolute Gasteiger partial charge is 0.248 e. The molecule has 0 spiro atoms. The topological polar surface area (TPSA) is 32.9 Å². The maximum absolute atomic E-state index is 11.0. The van der Waals surface area contributed by atoms with Crippen molar-refractivity contribution in [3.63, 3.8) is 0 Å². The average molecular weight is 161 g/mol. The van der Waals surface area contributed by atoms with Gasteiger partial charge in [0, 0.05) is 12.3 Å². The Morgan fingerprint density at radius 2 is 2.50 bits per heavy atom. The summed E-state index contributed by atoms with van der Waals surface area (Å²) in [6.07, 6.45) is 4.34. The summed E-state index contributed by atoms with van der Waals surface area (Å²) in [4.78, 5) is 13.8. The minimum atomic E-state index is 0.0404. The fraction of sp³-hybridized carbons (Fsp3) is 0.500. The molecular weight excluding hydrogens is 150 g/mol. The van der Waals surface area contributed by atoms with Gasteiger partial charge in [-0.25, -0.2) is 0 Å². The van der Waals surface area contributed by atoms with E-state index in [1.165, 1.54) is 17.5 Å². The lowest BCUT2D eigenvalue weighted by atomic mass is 10.0. The first-order chi connectivity index (χ1) is 5.70. The Balaban J connectivity index is 2.27. The van der Waals surface area contributed by atoms with Gasteiger partial charge in [-0.15, -0.1) is 0 Å². The van der Waals surface area contributed by atoms with Gasteiger partial charge in [0.05, 0.1) is 0 Å². The third kappa shape index (κ3) is 0.591. The first-order valence-electron chi connectivity index (χ1n) is 4.42. The molecular formula is C10H11NO. The highest BCUT2D eigenvalue weighted by molar-refractivity contribution is 5.44. The molecule has 2 aliphatic carbocycles. The number of H-pyrrole nitrogens is 1. The molecule has 1 fully saturated rings. The second-order valence-corrected chi connectivity index (χ2v) is 4.26. The summed E-state index contributed by atoms with van der Waals surface area (Å²) < 4.78 is 0. The highest BCUT2D eigenvalue weighted by atomic mass is 16.1. The van der Waals surface area contributed by atoms with Crippen LogP contribution in [0.4, 0.5) is 0 Å². The van der Waals surface area contributed by atoms with Gasteiger partial charge < -0.3 is 4.98 Å². The summed E-state index contributed by atoms with van der Waals surface area (Å²) in [5.74, 6) is 0.822. The van der Waals surface area contributed by atoms with Crippen molar-refractivity contribution in [1.29, 1.82) is 0 Å². The number of hydrogen-bond donors (Lipinski definition) is 1. The van der Waals surface area contributed by atoms with Gasteiger partial charge in [0.2, 0.25) is 5.56 Å². The molecule has 0 saturated heterocycles. The Hall–Kier alpha value is -1.05. The Kier molecular flexibility index (Phi) is 0.891. The maximum atomic E-state index is 11.0. The predicted octanol–water partition coefficient (Wildman–Crippen LogP) is 1.21. The molecule has 1 aromatic rings. The monoisotopic (exact) mass is 161 g/mol. The van der Waals surface area contributed by atoms with Gasteiger partial charge in [0.25, 0.3) is 0 Å². The van der Waals surface area contributed by atoms with Gasteiger partial charge in [0.1, 0.15) is 0 Å². The van der Waals surface area contributed by atoms with E-state index in [4.69, 9.17) is 0 Å². The summed E-state index contributed by atoms with van der Waals surface area (Å²) >= 11 is 0. The molecule has 0 radical (unpaired) electrons. The normalized spacial score (nSPS) is 35.9. The van der Waals surface area contributed by atoms with E-state index in [2.05, 4.69) is 11.9 Å². The molecule has 2 nitrogen and oxygen atoms in total. The highest BCUT2D eigenvalue weighted by Gasteiger charge is 2.56. The molecule has 1 N–H and O–H groups in total. The molecule has 0 aliphatic heterocycles. The molecule has 62 valence electrons. The second-order valence-electron chi connectivity index (χ2n) is 4.26. The maximum Gasteiger partial charge on any atom is 0.248 e. The minimum Gasteiger partial charge on any atom is -0.329 e. The lowest BCUT2D eigenvalue weighted by molar-refractivity contribution is 0.718. The van der Waals surface area contributed by atoms with E-state index in [9.17, 15) is 4.79 Å². The SMILES string of the molecule is CC12CC1Cc1cc(=O)[nH]cc12. The number of pyridine rings is 1. The minimum absolute atomic E-state index is 0.0404. The van der Waals surface area contributed by atoms with E-state index >= 15 is 0 Å². The molecule has 0 amide bonds. The fourth-order valence-corrected chi connectivity index (χ4v) is 2.56. The van der Waals surface area contributed by atoms with Crippen LogP contribution in [0.15, 0.2) is 17.1 Å². The number of aromatic amines is 1. The summed E-state index contributed by atoms with van der Waals surface area (Å²) in [6, 6.07) is 1.76. The largest absolute Gasteiger partial charge is 0.329 e. The lowest BCUT2D eigenvalue weighted by Gasteiger charge is -2.06. The summed E-state index contributed by atoms with van der Waals surface area (Å²) in [6.45, 7) is 2.29. The summed E-state index contributed by atoms with van der Waals surface area (Å²) in [5.41, 5.74) is 3.11. The summed E-state index contributed by atoms with van der Waals surface area (Å²) in [5, 5.41) is 0. The molecule has 3 rings (SSSR count). The Bertz CT molecular complexity index is 407. The quantitative estimate of drug-likeness (QED) is 0.609. The first kappa shape index (κ1) is 6.46. The van der Waals surface area contributed by atoms with Crippen molar-refractivity contribution >= 4 is 0 Å². The van der Waals surface area contributed by atoms with Gasteiger partial charge in [-0.2, -0.15) is 0 Å². The summed E-state index contributed by atoms with van der Waals surface area (Å²) in [7, 11) is 0. The fourth-order valence-electron chi connectivity index (χ4n) is 2.56. The number of rotatable bonds is 0. The van der Waals surface area contributed by atoms with Gasteiger partial charge in [-0.05, 0) is 35.3 Å². The zero-order valence-corrected chi connectivity index (χ0v) is 7.05. The average Bonchev–Trinajstić information content (AvgIpc) is 2.55. The van der Waals surface area contributed by atoms with Gasteiger partial charge in [-0.3, -0.25) is 4.79 Å². The van der Waals surface area contributed by atoms with E-state index in [1.807, 2.05) is 6.20 Å². The molecule has 2 aliphatic rings. The third-order valence-electron chi connectivity index (χ3n) is 3.50. The van der Waals surface area contributed by atoms with Gasteiger partial charge >= 0.3 is 0 Å². The van der Waals surface area contributed by atoms with Crippen LogP contribution in [0.3, 0.4) is 0 Å². The van der Waals surface area contributed by atoms with Crippen LogP contribution in [-0.2, 0) is 11.8 Å². The van der Waals surface area contributed by atoms with Crippen molar-refractivity contribution in [3.05, 3.63) is 33.7 Å². The number of aromatic nitrogens is 1. The molecule has 12 heavy (non-hydrogen) atoms. The molecule has 1 aromatic heterocycles. The van der Waals surface area contributed by atoms with E-state index in [0.29, 0.717) is 5.41 Å². The predicted molar refractivity (Wildman–Crippen MR) is 46.2 cm³/mol. The Labute approximate surface area is 70.6 Å². The van der Waals surface area contributed by atoms with Crippen molar-refractivity contribution in [1.82, 2.24) is 4.98 Å². The number of nitrogens with one attached hydrogen (secondary N) is 1. The van der Waals surface area contributed by atoms with Crippen molar-refractivity contribution < 1.29 is 0 Å². The van der Waals surface area contributed by atoms with Crippen LogP contribution >= 0.6 is 0 Å². The lowest BCUT2D eigenvalue weighted by Crippen LogP contribution is -2.09. The standard InChI is InChI=1S/C10H11NO/c1-10-4-7(10)2-6-3-9(12)11-5-8(6)10/h3,5,7H,2,4H2,1H3,(H,11,12). The van der Waals surface area contributed by atoms with Crippen LogP contribution in [0.5, 0.6) is 0 Å². The number of fused-ring (bicyclic) bond motifs is 3. The Morgan fingerprint density at radius 1 is 1.67 bits per heavy atom. The third-order valence-corrected chi connectivity index (χ3v) is 3.50. The Morgan fingerprint density at radius 3 is 3.33 bits per heavy atom. The van der Waals surface area contributed by atoms with Crippen LogP contribution in [-0.4, -0.2) is 4.98 Å². The molecule has 2 heteroatoms. The molecule has 1 saturated carbocycles. The van der Waals surface area contributed by atoms with Gasteiger partial charge in [-0.1, -0.05) is 6.92 Å². The molecule has 2 unspecified atom stereocenters. The molecule has 1 heterocycles. The van der Waals surface area contributed by atoms with Crippen LogP contribution in [0.2, 0.25) is 0 Å². The van der Waals surface area contributed by atoms with Crippen molar-refractivity contribution in [2.75, 3.05) is 0 Å². The highest BCUT2D eigenvalue weighted by Crippen LogP contribution is 2.60. The van der Waals surface area contributed by atoms with Gasteiger partial charge in [0.15, 0.2) is 0 Å².